The minimum atomic E-state index is -0.285. The largest absolute Gasteiger partial charge is 0.370 e. The summed E-state index contributed by atoms with van der Waals surface area (Å²) in [5, 5.41) is 0. The lowest BCUT2D eigenvalue weighted by atomic mass is 10.0. The van der Waals surface area contributed by atoms with Gasteiger partial charge < -0.3 is 14.5 Å². The molecule has 2 heterocycles. The van der Waals surface area contributed by atoms with Gasteiger partial charge in [0.1, 0.15) is 11.9 Å². The monoisotopic (exact) mass is 332 g/mol. The van der Waals surface area contributed by atoms with Crippen molar-refractivity contribution in [1.29, 1.82) is 0 Å². The van der Waals surface area contributed by atoms with Crippen molar-refractivity contribution >= 4 is 11.8 Å². The first-order valence-electron chi connectivity index (χ1n) is 8.57. The molecule has 1 aromatic rings. The Morgan fingerprint density at radius 1 is 1.17 bits per heavy atom. The van der Waals surface area contributed by atoms with Crippen molar-refractivity contribution in [2.24, 2.45) is 5.92 Å². The molecule has 24 heavy (non-hydrogen) atoms. The Kier molecular flexibility index (Phi) is 4.00. The van der Waals surface area contributed by atoms with E-state index in [4.69, 9.17) is 4.74 Å². The van der Waals surface area contributed by atoms with Crippen LogP contribution >= 0.6 is 0 Å². The van der Waals surface area contributed by atoms with Crippen LogP contribution in [0.3, 0.4) is 0 Å². The van der Waals surface area contributed by atoms with E-state index in [2.05, 4.69) is 0 Å². The molecule has 2 atom stereocenters. The van der Waals surface area contributed by atoms with Crippen LogP contribution in [0, 0.1) is 11.7 Å². The van der Waals surface area contributed by atoms with Crippen molar-refractivity contribution in [2.45, 2.75) is 31.4 Å². The van der Waals surface area contributed by atoms with Gasteiger partial charge in [-0.15, -0.1) is 0 Å². The molecular formula is C18H21FN2O3. The Balaban J connectivity index is 1.41. The van der Waals surface area contributed by atoms with E-state index in [1.165, 1.54) is 12.1 Å². The summed E-state index contributed by atoms with van der Waals surface area (Å²) in [6.45, 7) is 2.02. The summed E-state index contributed by atoms with van der Waals surface area (Å²) < 4.78 is 18.8. The van der Waals surface area contributed by atoms with Crippen LogP contribution in [0.25, 0.3) is 0 Å². The third kappa shape index (κ3) is 3.02. The maximum absolute atomic E-state index is 13.1. The van der Waals surface area contributed by atoms with Crippen LogP contribution < -0.4 is 0 Å². The number of halogens is 1. The Hall–Kier alpha value is -1.95. The van der Waals surface area contributed by atoms with Gasteiger partial charge in [-0.05, 0) is 30.5 Å². The molecule has 0 spiro atoms. The first kappa shape index (κ1) is 15.6. The number of amides is 2. The molecule has 2 aliphatic heterocycles. The molecule has 128 valence electrons. The summed E-state index contributed by atoms with van der Waals surface area (Å²) in [6.07, 6.45) is 2.22. The van der Waals surface area contributed by atoms with Crippen LogP contribution in [0.4, 0.5) is 4.39 Å². The van der Waals surface area contributed by atoms with Gasteiger partial charge in [-0.3, -0.25) is 9.59 Å². The molecule has 1 saturated carbocycles. The second kappa shape index (κ2) is 6.16. The van der Waals surface area contributed by atoms with Crippen LogP contribution in [0.2, 0.25) is 0 Å². The molecule has 0 N–H and O–H groups in total. The molecule has 4 rings (SSSR count). The molecule has 6 heteroatoms. The van der Waals surface area contributed by atoms with Crippen LogP contribution in [0.15, 0.2) is 24.3 Å². The van der Waals surface area contributed by atoms with Crippen LogP contribution in [-0.4, -0.2) is 53.9 Å². The van der Waals surface area contributed by atoms with Gasteiger partial charge in [0.05, 0.1) is 19.1 Å². The normalized spacial score (nSPS) is 27.6. The van der Waals surface area contributed by atoms with Gasteiger partial charge in [-0.25, -0.2) is 4.39 Å². The molecule has 0 aromatic heterocycles. The number of nitrogens with zero attached hydrogens (tertiary/aromatic N) is 2. The summed E-state index contributed by atoms with van der Waals surface area (Å²) in [5.74, 6) is -0.363. The van der Waals surface area contributed by atoms with Crippen molar-refractivity contribution < 1.29 is 18.7 Å². The van der Waals surface area contributed by atoms with E-state index >= 15 is 0 Å². The maximum atomic E-state index is 13.1. The predicted octanol–water partition coefficient (Wildman–Crippen LogP) is 1.74. The number of hydrogen-bond acceptors (Lipinski definition) is 3. The highest BCUT2D eigenvalue weighted by Gasteiger charge is 2.43. The summed E-state index contributed by atoms with van der Waals surface area (Å²) in [6, 6.07) is 6.57. The highest BCUT2D eigenvalue weighted by molar-refractivity contribution is 5.89. The Bertz CT molecular complexity index is 644. The standard InChI is InChI=1S/C18H21FN2O3/c19-14-3-1-12(2-4-14)16-11-20(7-8-24-16)18(23)13-9-17(22)21(10-13)15-5-6-15/h1-4,13,15-16H,5-11H2/t13-,16+/m0/s1. The number of carbonyl (C=O) groups excluding carboxylic acids is 2. The maximum Gasteiger partial charge on any atom is 0.228 e. The second-order valence-corrected chi connectivity index (χ2v) is 6.87. The van der Waals surface area contributed by atoms with E-state index in [-0.39, 0.29) is 29.7 Å². The summed E-state index contributed by atoms with van der Waals surface area (Å²) in [7, 11) is 0. The average molecular weight is 332 g/mol. The number of hydrogen-bond donors (Lipinski definition) is 0. The lowest BCUT2D eigenvalue weighted by Crippen LogP contribution is -2.45. The molecule has 0 bridgehead atoms. The van der Waals surface area contributed by atoms with Gasteiger partial charge in [-0.1, -0.05) is 12.1 Å². The molecule has 0 radical (unpaired) electrons. The van der Waals surface area contributed by atoms with Crippen molar-refractivity contribution in [3.05, 3.63) is 35.6 Å². The van der Waals surface area contributed by atoms with Gasteiger partial charge >= 0.3 is 0 Å². The van der Waals surface area contributed by atoms with Crippen LogP contribution in [0.1, 0.15) is 30.9 Å². The zero-order chi connectivity index (χ0) is 16.7. The minimum Gasteiger partial charge on any atom is -0.370 e. The third-order valence-corrected chi connectivity index (χ3v) is 5.12. The van der Waals surface area contributed by atoms with E-state index in [0.717, 1.165) is 18.4 Å². The molecule has 1 aromatic carbocycles. The van der Waals surface area contributed by atoms with E-state index < -0.39 is 0 Å². The smallest absolute Gasteiger partial charge is 0.228 e. The zero-order valence-corrected chi connectivity index (χ0v) is 13.5. The fraction of sp³-hybridized carbons (Fsp3) is 0.556. The number of benzene rings is 1. The van der Waals surface area contributed by atoms with Crippen LogP contribution in [0.5, 0.6) is 0 Å². The third-order valence-electron chi connectivity index (χ3n) is 5.12. The Morgan fingerprint density at radius 2 is 1.92 bits per heavy atom. The predicted molar refractivity (Wildman–Crippen MR) is 84.5 cm³/mol. The number of morpholine rings is 1. The molecular weight excluding hydrogens is 311 g/mol. The number of likely N-dealkylation sites (tertiary alicyclic amines) is 1. The quantitative estimate of drug-likeness (QED) is 0.847. The molecule has 3 fully saturated rings. The lowest BCUT2D eigenvalue weighted by Gasteiger charge is -2.34. The van der Waals surface area contributed by atoms with E-state index in [0.29, 0.717) is 38.7 Å². The van der Waals surface area contributed by atoms with Crippen molar-refractivity contribution in [1.82, 2.24) is 9.80 Å². The second-order valence-electron chi connectivity index (χ2n) is 6.87. The van der Waals surface area contributed by atoms with Gasteiger partial charge in [0.25, 0.3) is 0 Å². The van der Waals surface area contributed by atoms with Crippen molar-refractivity contribution in [3.63, 3.8) is 0 Å². The molecule has 0 unspecified atom stereocenters. The van der Waals surface area contributed by atoms with Crippen molar-refractivity contribution in [2.75, 3.05) is 26.2 Å². The SMILES string of the molecule is O=C([C@H]1CC(=O)N(C2CC2)C1)N1CCO[C@@H](c2ccc(F)cc2)C1. The number of rotatable bonds is 3. The van der Waals surface area contributed by atoms with Crippen LogP contribution in [-0.2, 0) is 14.3 Å². The minimum absolute atomic E-state index is 0.0434. The molecule has 2 amide bonds. The van der Waals surface area contributed by atoms with E-state index in [9.17, 15) is 14.0 Å². The highest BCUT2D eigenvalue weighted by atomic mass is 19.1. The Labute approximate surface area is 140 Å². The summed E-state index contributed by atoms with van der Waals surface area (Å²) in [5.41, 5.74) is 0.871. The zero-order valence-electron chi connectivity index (χ0n) is 13.5. The fourth-order valence-corrected chi connectivity index (χ4v) is 3.62. The summed E-state index contributed by atoms with van der Waals surface area (Å²) >= 11 is 0. The topological polar surface area (TPSA) is 49.9 Å². The molecule has 5 nitrogen and oxygen atoms in total. The van der Waals surface area contributed by atoms with E-state index in [1.807, 2.05) is 4.90 Å². The summed E-state index contributed by atoms with van der Waals surface area (Å²) in [4.78, 5) is 28.5. The Morgan fingerprint density at radius 3 is 2.62 bits per heavy atom. The van der Waals surface area contributed by atoms with Gasteiger partial charge in [-0.2, -0.15) is 0 Å². The van der Waals surface area contributed by atoms with Crippen molar-refractivity contribution in [3.8, 4) is 0 Å². The lowest BCUT2D eigenvalue weighted by molar-refractivity contribution is -0.143. The average Bonchev–Trinajstić information content (AvgIpc) is 3.37. The fourth-order valence-electron chi connectivity index (χ4n) is 3.62. The van der Waals surface area contributed by atoms with E-state index in [1.54, 1.807) is 17.0 Å². The van der Waals surface area contributed by atoms with Gasteiger partial charge in [0.2, 0.25) is 11.8 Å². The van der Waals surface area contributed by atoms with Gasteiger partial charge in [0, 0.05) is 25.6 Å². The first-order valence-corrected chi connectivity index (χ1v) is 8.57. The molecule has 1 aliphatic carbocycles. The number of carbonyl (C=O) groups is 2. The number of ether oxygens (including phenoxy) is 1. The van der Waals surface area contributed by atoms with Gasteiger partial charge in [0.15, 0.2) is 0 Å². The molecule has 2 saturated heterocycles. The first-order chi connectivity index (χ1) is 11.6. The molecule has 3 aliphatic rings. The highest BCUT2D eigenvalue weighted by Crippen LogP contribution is 2.33.